The summed E-state index contributed by atoms with van der Waals surface area (Å²) >= 11 is 0. The van der Waals surface area contributed by atoms with Crippen molar-refractivity contribution in [2.24, 2.45) is 0 Å². The minimum absolute atomic E-state index is 0.190. The number of hydrogen-bond acceptors (Lipinski definition) is 3. The van der Waals surface area contributed by atoms with Crippen LogP contribution >= 0.6 is 0 Å². The number of carbonyl (C=O) groups is 2. The topological polar surface area (TPSA) is 66.8 Å². The Morgan fingerprint density at radius 1 is 1.08 bits per heavy atom. The van der Waals surface area contributed by atoms with Crippen molar-refractivity contribution < 1.29 is 19.4 Å². The third-order valence-corrected chi connectivity index (χ3v) is 3.79. The van der Waals surface area contributed by atoms with Crippen LogP contribution in [0.4, 0.5) is 10.5 Å². The second-order valence-corrected chi connectivity index (χ2v) is 7.05. The smallest absolute Gasteiger partial charge is 0.415 e. The largest absolute Gasteiger partial charge is 0.478 e. The summed E-state index contributed by atoms with van der Waals surface area (Å²) in [5.41, 5.74) is 2.08. The number of hydrogen-bond donors (Lipinski definition) is 1. The van der Waals surface area contributed by atoms with E-state index in [1.807, 2.05) is 52.0 Å². The summed E-state index contributed by atoms with van der Waals surface area (Å²) in [6.07, 6.45) is 0.309. The van der Waals surface area contributed by atoms with Crippen LogP contribution in [0.5, 0.6) is 0 Å². The first-order valence-corrected chi connectivity index (χ1v) is 8.62. The van der Waals surface area contributed by atoms with E-state index in [2.05, 4.69) is 0 Å². The molecule has 2 aromatic rings. The minimum Gasteiger partial charge on any atom is -0.478 e. The first-order chi connectivity index (χ1) is 12.2. The Labute approximate surface area is 154 Å². The number of carboxylic acid groups (broad SMARTS) is 1. The summed E-state index contributed by atoms with van der Waals surface area (Å²) in [7, 11) is 0. The van der Waals surface area contributed by atoms with Crippen molar-refractivity contribution >= 4 is 17.7 Å². The van der Waals surface area contributed by atoms with Crippen LogP contribution in [0, 0.1) is 0 Å². The predicted molar refractivity (Wildman–Crippen MR) is 102 cm³/mol. The van der Waals surface area contributed by atoms with Crippen LogP contribution in [-0.4, -0.2) is 22.8 Å². The molecule has 0 aliphatic carbocycles. The van der Waals surface area contributed by atoms with Crippen molar-refractivity contribution in [1.29, 1.82) is 0 Å². The number of aromatic carboxylic acids is 1. The van der Waals surface area contributed by atoms with E-state index in [-0.39, 0.29) is 12.1 Å². The van der Waals surface area contributed by atoms with Crippen molar-refractivity contribution in [2.75, 3.05) is 4.90 Å². The Morgan fingerprint density at radius 2 is 1.77 bits per heavy atom. The second-order valence-electron chi connectivity index (χ2n) is 7.05. The Hall–Kier alpha value is -2.82. The number of amides is 1. The zero-order valence-corrected chi connectivity index (χ0v) is 15.7. The molecule has 0 saturated carbocycles. The third-order valence-electron chi connectivity index (χ3n) is 3.79. The van der Waals surface area contributed by atoms with Gasteiger partial charge in [-0.05, 0) is 56.5 Å². The van der Waals surface area contributed by atoms with Gasteiger partial charge in [-0.25, -0.2) is 9.59 Å². The van der Waals surface area contributed by atoms with Gasteiger partial charge in [0.05, 0.1) is 17.8 Å². The summed E-state index contributed by atoms with van der Waals surface area (Å²) in [4.78, 5) is 25.6. The standard InChI is InChI=1S/C21H25NO4/c1-5-16-10-6-7-12-18(16)22(20(25)26-21(2,3)4)14-15-9-8-11-17(13-15)19(23)24/h6-13H,5,14H2,1-4H3,(H,23,24). The van der Waals surface area contributed by atoms with Crippen LogP contribution in [0.2, 0.25) is 0 Å². The number of anilines is 1. The van der Waals surface area contributed by atoms with Crippen LogP contribution < -0.4 is 4.90 Å². The number of benzene rings is 2. The van der Waals surface area contributed by atoms with Gasteiger partial charge in [0.25, 0.3) is 0 Å². The van der Waals surface area contributed by atoms with Gasteiger partial charge in [0.15, 0.2) is 0 Å². The summed E-state index contributed by atoms with van der Waals surface area (Å²) in [5.74, 6) is -0.996. The lowest BCUT2D eigenvalue weighted by molar-refractivity contribution is 0.0576. The highest BCUT2D eigenvalue weighted by Crippen LogP contribution is 2.25. The quantitative estimate of drug-likeness (QED) is 0.829. The SMILES string of the molecule is CCc1ccccc1N(Cc1cccc(C(=O)O)c1)C(=O)OC(C)(C)C. The maximum atomic E-state index is 12.8. The van der Waals surface area contributed by atoms with Crippen LogP contribution in [0.15, 0.2) is 48.5 Å². The Bertz CT molecular complexity index is 793. The molecule has 0 unspecified atom stereocenters. The third kappa shape index (κ3) is 5.09. The highest BCUT2D eigenvalue weighted by atomic mass is 16.6. The number of carbonyl (C=O) groups excluding carboxylic acids is 1. The van der Waals surface area contributed by atoms with Gasteiger partial charge in [0.1, 0.15) is 5.60 Å². The lowest BCUT2D eigenvalue weighted by Crippen LogP contribution is -2.37. The molecule has 0 fully saturated rings. The van der Waals surface area contributed by atoms with Crippen molar-refractivity contribution in [1.82, 2.24) is 0 Å². The molecule has 5 heteroatoms. The van der Waals surface area contributed by atoms with Crippen LogP contribution in [0.1, 0.15) is 49.2 Å². The molecular weight excluding hydrogens is 330 g/mol. The van der Waals surface area contributed by atoms with E-state index in [0.717, 1.165) is 23.2 Å². The fraction of sp³-hybridized carbons (Fsp3) is 0.333. The molecule has 0 bridgehead atoms. The number of carboxylic acids is 1. The maximum Gasteiger partial charge on any atom is 0.415 e. The molecule has 0 atom stereocenters. The highest BCUT2D eigenvalue weighted by molar-refractivity contribution is 5.90. The van der Waals surface area contributed by atoms with Gasteiger partial charge in [0.2, 0.25) is 0 Å². The van der Waals surface area contributed by atoms with E-state index >= 15 is 0 Å². The molecule has 5 nitrogen and oxygen atoms in total. The Kier molecular flexibility index (Phi) is 6.03. The van der Waals surface area contributed by atoms with Crippen LogP contribution in [0.25, 0.3) is 0 Å². The molecule has 2 aromatic carbocycles. The molecule has 26 heavy (non-hydrogen) atoms. The van der Waals surface area contributed by atoms with Gasteiger partial charge in [-0.2, -0.15) is 0 Å². The monoisotopic (exact) mass is 355 g/mol. The van der Waals surface area contributed by atoms with Crippen LogP contribution in [0.3, 0.4) is 0 Å². The minimum atomic E-state index is -0.996. The number of ether oxygens (including phenoxy) is 1. The Balaban J connectivity index is 2.42. The fourth-order valence-electron chi connectivity index (χ4n) is 2.62. The lowest BCUT2D eigenvalue weighted by atomic mass is 10.1. The molecule has 0 radical (unpaired) electrons. The average Bonchev–Trinajstić information content (AvgIpc) is 2.58. The molecule has 0 aromatic heterocycles. The first kappa shape index (κ1) is 19.5. The molecule has 0 aliphatic rings. The van der Waals surface area contributed by atoms with Gasteiger partial charge >= 0.3 is 12.1 Å². The summed E-state index contributed by atoms with van der Waals surface area (Å²) in [6.45, 7) is 7.71. The first-order valence-electron chi connectivity index (χ1n) is 8.62. The molecule has 2 rings (SSSR count). The summed E-state index contributed by atoms with van der Waals surface area (Å²) in [6, 6.07) is 14.2. The molecule has 1 N–H and O–H groups in total. The van der Waals surface area contributed by atoms with E-state index in [1.54, 1.807) is 23.1 Å². The lowest BCUT2D eigenvalue weighted by Gasteiger charge is -2.29. The van der Waals surface area contributed by atoms with E-state index in [1.165, 1.54) is 6.07 Å². The Morgan fingerprint density at radius 3 is 2.38 bits per heavy atom. The molecule has 0 heterocycles. The second kappa shape index (κ2) is 8.04. The molecule has 0 aliphatic heterocycles. The normalized spacial score (nSPS) is 11.1. The van der Waals surface area contributed by atoms with Gasteiger partial charge in [0, 0.05) is 0 Å². The maximum absolute atomic E-state index is 12.8. The van der Waals surface area contributed by atoms with E-state index < -0.39 is 17.7 Å². The van der Waals surface area contributed by atoms with Crippen LogP contribution in [-0.2, 0) is 17.7 Å². The number of para-hydroxylation sites is 1. The van der Waals surface area contributed by atoms with Crippen molar-refractivity contribution in [2.45, 2.75) is 46.3 Å². The average molecular weight is 355 g/mol. The van der Waals surface area contributed by atoms with E-state index in [9.17, 15) is 14.7 Å². The van der Waals surface area contributed by atoms with Crippen molar-refractivity contribution in [3.05, 3.63) is 65.2 Å². The summed E-state index contributed by atoms with van der Waals surface area (Å²) in [5, 5.41) is 9.20. The van der Waals surface area contributed by atoms with Crippen molar-refractivity contribution in [3.8, 4) is 0 Å². The molecular formula is C21H25NO4. The summed E-state index contributed by atoms with van der Waals surface area (Å²) < 4.78 is 5.57. The molecule has 0 saturated heterocycles. The predicted octanol–water partition coefficient (Wildman–Crippen LogP) is 4.89. The highest BCUT2D eigenvalue weighted by Gasteiger charge is 2.25. The zero-order chi connectivity index (χ0) is 19.3. The van der Waals surface area contributed by atoms with E-state index in [4.69, 9.17) is 4.74 Å². The fourth-order valence-corrected chi connectivity index (χ4v) is 2.62. The molecule has 138 valence electrons. The van der Waals surface area contributed by atoms with Gasteiger partial charge < -0.3 is 9.84 Å². The number of rotatable bonds is 5. The molecule has 1 amide bonds. The van der Waals surface area contributed by atoms with Gasteiger partial charge in [-0.3, -0.25) is 4.90 Å². The molecule has 0 spiro atoms. The number of nitrogens with zero attached hydrogens (tertiary/aromatic N) is 1. The van der Waals surface area contributed by atoms with Gasteiger partial charge in [-0.15, -0.1) is 0 Å². The van der Waals surface area contributed by atoms with E-state index in [0.29, 0.717) is 0 Å². The van der Waals surface area contributed by atoms with Crippen molar-refractivity contribution in [3.63, 3.8) is 0 Å². The number of aryl methyl sites for hydroxylation is 1. The van der Waals surface area contributed by atoms with Gasteiger partial charge in [-0.1, -0.05) is 37.3 Å². The zero-order valence-electron chi connectivity index (χ0n) is 15.7.